The molecule has 0 amide bonds. The Morgan fingerprint density at radius 1 is 0.750 bits per heavy atom. The molecule has 1 nitrogen and oxygen atoms in total. The van der Waals surface area contributed by atoms with E-state index in [1.54, 1.807) is 0 Å². The van der Waals surface area contributed by atoms with Gasteiger partial charge in [0.05, 0.1) is 0 Å². The molecule has 0 aliphatic heterocycles. The summed E-state index contributed by atoms with van der Waals surface area (Å²) in [4.78, 5) is 0. The molecule has 0 aromatic heterocycles. The quantitative estimate of drug-likeness (QED) is 0.470. The first-order valence-corrected chi connectivity index (χ1v) is 7.42. The highest BCUT2D eigenvalue weighted by atomic mass is 16.2. The first-order valence-electron chi connectivity index (χ1n) is 7.42. The Hall–Kier alpha value is -0.0400. The van der Waals surface area contributed by atoms with Gasteiger partial charge in [0, 0.05) is 6.61 Å². The van der Waals surface area contributed by atoms with Crippen LogP contribution in [-0.4, -0.2) is 11.7 Å². The normalized spacial score (nSPS) is 12.9. The van der Waals surface area contributed by atoms with Crippen LogP contribution in [-0.2, 0) is 0 Å². The van der Waals surface area contributed by atoms with Crippen LogP contribution in [0.15, 0.2) is 0 Å². The van der Waals surface area contributed by atoms with Crippen molar-refractivity contribution in [2.75, 3.05) is 6.61 Å². The zero-order valence-corrected chi connectivity index (χ0v) is 11.5. The molecular formula is C15H32O. The summed E-state index contributed by atoms with van der Waals surface area (Å²) >= 11 is 0. The molecule has 1 heteroatoms. The lowest BCUT2D eigenvalue weighted by Gasteiger charge is -2.10. The van der Waals surface area contributed by atoms with Crippen LogP contribution >= 0.6 is 0 Å². The smallest absolute Gasteiger partial charge is 0.0431 e. The number of aliphatic hydroxyl groups is 1. The molecular weight excluding hydrogens is 196 g/mol. The van der Waals surface area contributed by atoms with E-state index in [4.69, 9.17) is 5.11 Å². The average Bonchev–Trinajstić information content (AvgIpc) is 2.29. The van der Waals surface area contributed by atoms with Gasteiger partial charge in [0.15, 0.2) is 0 Å². The molecule has 0 rings (SSSR count). The molecule has 0 saturated heterocycles. The van der Waals surface area contributed by atoms with Gasteiger partial charge in [0.25, 0.3) is 0 Å². The van der Waals surface area contributed by atoms with Crippen LogP contribution in [0.3, 0.4) is 0 Å². The van der Waals surface area contributed by atoms with Crippen molar-refractivity contribution in [3.05, 3.63) is 0 Å². The third kappa shape index (κ3) is 12.0. The summed E-state index contributed by atoms with van der Waals surface area (Å²) in [6, 6.07) is 0. The second-order valence-electron chi connectivity index (χ2n) is 5.23. The van der Waals surface area contributed by atoms with Crippen LogP contribution in [0.5, 0.6) is 0 Å². The number of hydrogen-bond acceptors (Lipinski definition) is 1. The van der Waals surface area contributed by atoms with Crippen LogP contribution in [0, 0.1) is 5.92 Å². The first kappa shape index (κ1) is 16.0. The molecule has 1 N–H and O–H groups in total. The van der Waals surface area contributed by atoms with Gasteiger partial charge in [-0.25, -0.2) is 0 Å². The van der Waals surface area contributed by atoms with Crippen molar-refractivity contribution in [2.24, 2.45) is 5.92 Å². The molecule has 0 saturated carbocycles. The summed E-state index contributed by atoms with van der Waals surface area (Å²) in [5.74, 6) is 0.893. The van der Waals surface area contributed by atoms with Gasteiger partial charge >= 0.3 is 0 Å². The zero-order valence-electron chi connectivity index (χ0n) is 11.5. The Morgan fingerprint density at radius 3 is 1.81 bits per heavy atom. The molecule has 0 unspecified atom stereocenters. The molecule has 0 aliphatic rings. The highest BCUT2D eigenvalue weighted by Crippen LogP contribution is 2.17. The van der Waals surface area contributed by atoms with Crippen LogP contribution in [0.2, 0.25) is 0 Å². The van der Waals surface area contributed by atoms with E-state index >= 15 is 0 Å². The fourth-order valence-corrected chi connectivity index (χ4v) is 2.20. The number of rotatable bonds is 12. The fraction of sp³-hybridized carbons (Fsp3) is 1.00. The highest BCUT2D eigenvalue weighted by Gasteiger charge is 2.01. The molecule has 98 valence electrons. The van der Waals surface area contributed by atoms with Crippen LogP contribution in [0.1, 0.15) is 84.5 Å². The van der Waals surface area contributed by atoms with E-state index in [9.17, 15) is 0 Å². The van der Waals surface area contributed by atoms with Crippen LogP contribution < -0.4 is 0 Å². The van der Waals surface area contributed by atoms with Gasteiger partial charge in [-0.3, -0.25) is 0 Å². The Labute approximate surface area is 103 Å². The lowest BCUT2D eigenvalue weighted by molar-refractivity contribution is 0.280. The maximum atomic E-state index is 8.68. The van der Waals surface area contributed by atoms with Crippen LogP contribution in [0.25, 0.3) is 0 Å². The molecule has 0 fully saturated rings. The van der Waals surface area contributed by atoms with E-state index in [1.807, 2.05) is 0 Å². The third-order valence-corrected chi connectivity index (χ3v) is 3.41. The Kier molecular flexibility index (Phi) is 13.0. The topological polar surface area (TPSA) is 20.2 Å². The maximum absolute atomic E-state index is 8.68. The fourth-order valence-electron chi connectivity index (χ4n) is 2.20. The second-order valence-corrected chi connectivity index (χ2v) is 5.23. The van der Waals surface area contributed by atoms with E-state index in [1.165, 1.54) is 64.2 Å². The number of unbranched alkanes of at least 4 members (excludes halogenated alkanes) is 7. The van der Waals surface area contributed by atoms with Gasteiger partial charge in [-0.05, 0) is 12.3 Å². The second kappa shape index (κ2) is 13.0. The lowest BCUT2D eigenvalue weighted by atomic mass is 9.96. The van der Waals surface area contributed by atoms with E-state index in [0.717, 1.165) is 12.3 Å². The van der Waals surface area contributed by atoms with Crippen molar-refractivity contribution >= 4 is 0 Å². The Morgan fingerprint density at radius 2 is 1.25 bits per heavy atom. The summed E-state index contributed by atoms with van der Waals surface area (Å²) in [6.45, 7) is 5.02. The summed E-state index contributed by atoms with van der Waals surface area (Å²) in [5.41, 5.74) is 0. The molecule has 1 atom stereocenters. The van der Waals surface area contributed by atoms with Gasteiger partial charge in [-0.1, -0.05) is 78.1 Å². The average molecular weight is 228 g/mol. The Balaban J connectivity index is 3.08. The van der Waals surface area contributed by atoms with Gasteiger partial charge in [0.1, 0.15) is 0 Å². The first-order chi connectivity index (χ1) is 7.81. The van der Waals surface area contributed by atoms with E-state index in [2.05, 4.69) is 13.8 Å². The minimum atomic E-state index is 0.367. The maximum Gasteiger partial charge on any atom is 0.0431 e. The van der Waals surface area contributed by atoms with Crippen molar-refractivity contribution in [1.29, 1.82) is 0 Å². The molecule has 0 heterocycles. The van der Waals surface area contributed by atoms with Gasteiger partial charge < -0.3 is 5.11 Å². The largest absolute Gasteiger partial charge is 0.396 e. The third-order valence-electron chi connectivity index (χ3n) is 3.41. The minimum absolute atomic E-state index is 0.367. The molecule has 0 aliphatic carbocycles. The molecule has 0 aromatic rings. The van der Waals surface area contributed by atoms with E-state index in [0.29, 0.717) is 6.61 Å². The van der Waals surface area contributed by atoms with Crippen molar-refractivity contribution in [1.82, 2.24) is 0 Å². The molecule has 0 aromatic carbocycles. The molecule has 0 radical (unpaired) electrons. The predicted octanol–water partition coefficient (Wildman–Crippen LogP) is 4.93. The van der Waals surface area contributed by atoms with Gasteiger partial charge in [-0.15, -0.1) is 0 Å². The molecule has 16 heavy (non-hydrogen) atoms. The van der Waals surface area contributed by atoms with Crippen molar-refractivity contribution in [3.8, 4) is 0 Å². The summed E-state index contributed by atoms with van der Waals surface area (Å²) in [7, 11) is 0. The zero-order chi connectivity index (χ0) is 12.1. The minimum Gasteiger partial charge on any atom is -0.396 e. The van der Waals surface area contributed by atoms with E-state index in [-0.39, 0.29) is 0 Å². The molecule has 0 spiro atoms. The Bertz CT molecular complexity index is 123. The van der Waals surface area contributed by atoms with Crippen molar-refractivity contribution in [3.63, 3.8) is 0 Å². The predicted molar refractivity (Wildman–Crippen MR) is 72.7 cm³/mol. The van der Waals surface area contributed by atoms with Crippen molar-refractivity contribution in [2.45, 2.75) is 84.5 Å². The van der Waals surface area contributed by atoms with Crippen molar-refractivity contribution < 1.29 is 5.11 Å². The SMILES string of the molecule is CCCCCCCC[C@H](C)CCCCCO. The van der Waals surface area contributed by atoms with E-state index < -0.39 is 0 Å². The van der Waals surface area contributed by atoms with Gasteiger partial charge in [0.2, 0.25) is 0 Å². The van der Waals surface area contributed by atoms with Gasteiger partial charge in [-0.2, -0.15) is 0 Å². The highest BCUT2D eigenvalue weighted by molar-refractivity contribution is 4.55. The monoisotopic (exact) mass is 228 g/mol. The molecule has 0 bridgehead atoms. The standard InChI is InChI=1S/C15H32O/c1-3-4-5-6-7-9-12-15(2)13-10-8-11-14-16/h15-16H,3-14H2,1-2H3/t15-/m0/s1. The summed E-state index contributed by atoms with van der Waals surface area (Å²) < 4.78 is 0. The summed E-state index contributed by atoms with van der Waals surface area (Å²) in [6.07, 6.45) is 14.7. The lowest BCUT2D eigenvalue weighted by Crippen LogP contribution is -1.95. The number of hydrogen-bond donors (Lipinski definition) is 1. The van der Waals surface area contributed by atoms with Crippen LogP contribution in [0.4, 0.5) is 0 Å². The number of aliphatic hydroxyl groups excluding tert-OH is 1. The summed E-state index contributed by atoms with van der Waals surface area (Å²) in [5, 5.41) is 8.68.